The number of aromatic nitrogens is 1. The van der Waals surface area contributed by atoms with Gasteiger partial charge in [-0.2, -0.15) is 5.26 Å². The second kappa shape index (κ2) is 5.86. The molecule has 0 aliphatic carbocycles. The molecule has 0 amide bonds. The SMILES string of the molecule is CCN(CCC#N)c1ncccc1C(C)=O. The molecule has 4 heteroatoms. The Morgan fingerprint density at radius 3 is 2.94 bits per heavy atom. The third-order valence-electron chi connectivity index (χ3n) is 2.34. The van der Waals surface area contributed by atoms with Gasteiger partial charge in [0.05, 0.1) is 18.1 Å². The number of carbonyl (C=O) groups excluding carboxylic acids is 1. The van der Waals surface area contributed by atoms with E-state index in [2.05, 4.69) is 11.1 Å². The molecule has 1 aromatic heterocycles. The summed E-state index contributed by atoms with van der Waals surface area (Å²) in [6.07, 6.45) is 2.10. The molecule has 1 heterocycles. The fraction of sp³-hybridized carbons (Fsp3) is 0.417. The Hall–Kier alpha value is -1.89. The van der Waals surface area contributed by atoms with E-state index in [0.29, 0.717) is 24.3 Å². The first-order valence-corrected chi connectivity index (χ1v) is 5.28. The summed E-state index contributed by atoms with van der Waals surface area (Å²) < 4.78 is 0. The second-order valence-corrected chi connectivity index (χ2v) is 3.42. The number of Topliss-reactive ketones (excluding diaryl/α,β-unsaturated/α-hetero) is 1. The summed E-state index contributed by atoms with van der Waals surface area (Å²) in [6, 6.07) is 5.61. The zero-order valence-electron chi connectivity index (χ0n) is 9.60. The van der Waals surface area contributed by atoms with Gasteiger partial charge in [-0.1, -0.05) is 0 Å². The van der Waals surface area contributed by atoms with E-state index in [9.17, 15) is 4.79 Å². The maximum Gasteiger partial charge on any atom is 0.163 e. The first-order chi connectivity index (χ1) is 7.70. The van der Waals surface area contributed by atoms with Gasteiger partial charge in [0, 0.05) is 19.3 Å². The van der Waals surface area contributed by atoms with Crippen LogP contribution in [0, 0.1) is 11.3 Å². The number of hydrogen-bond donors (Lipinski definition) is 0. The zero-order valence-corrected chi connectivity index (χ0v) is 9.60. The number of pyridine rings is 1. The molecule has 0 aliphatic heterocycles. The largest absolute Gasteiger partial charge is 0.355 e. The van der Waals surface area contributed by atoms with E-state index in [4.69, 9.17) is 5.26 Å². The summed E-state index contributed by atoms with van der Waals surface area (Å²) in [5.74, 6) is 0.672. The predicted molar refractivity (Wildman–Crippen MR) is 62.4 cm³/mol. The molecule has 0 spiro atoms. The van der Waals surface area contributed by atoms with Gasteiger partial charge in [-0.25, -0.2) is 4.98 Å². The number of ketones is 1. The van der Waals surface area contributed by atoms with Crippen LogP contribution in [0.4, 0.5) is 5.82 Å². The van der Waals surface area contributed by atoms with Gasteiger partial charge in [-0.05, 0) is 26.0 Å². The van der Waals surface area contributed by atoms with E-state index >= 15 is 0 Å². The number of nitriles is 1. The van der Waals surface area contributed by atoms with Crippen molar-refractivity contribution < 1.29 is 4.79 Å². The molecular formula is C12H15N3O. The molecule has 4 nitrogen and oxygen atoms in total. The lowest BCUT2D eigenvalue weighted by atomic mass is 10.1. The topological polar surface area (TPSA) is 57.0 Å². The van der Waals surface area contributed by atoms with Crippen molar-refractivity contribution in [2.75, 3.05) is 18.0 Å². The summed E-state index contributed by atoms with van der Waals surface area (Å²) in [6.45, 7) is 4.85. The number of hydrogen-bond acceptors (Lipinski definition) is 4. The van der Waals surface area contributed by atoms with Crippen LogP contribution in [0.15, 0.2) is 18.3 Å². The minimum Gasteiger partial charge on any atom is -0.355 e. The minimum absolute atomic E-state index is 0.00138. The smallest absolute Gasteiger partial charge is 0.163 e. The van der Waals surface area contributed by atoms with E-state index in [1.807, 2.05) is 11.8 Å². The third-order valence-corrected chi connectivity index (χ3v) is 2.34. The molecule has 1 rings (SSSR count). The van der Waals surface area contributed by atoms with E-state index < -0.39 is 0 Å². The second-order valence-electron chi connectivity index (χ2n) is 3.42. The van der Waals surface area contributed by atoms with Gasteiger partial charge < -0.3 is 4.90 Å². The van der Waals surface area contributed by atoms with Crippen LogP contribution in [0.5, 0.6) is 0 Å². The van der Waals surface area contributed by atoms with Crippen molar-refractivity contribution in [3.05, 3.63) is 23.9 Å². The zero-order chi connectivity index (χ0) is 12.0. The van der Waals surface area contributed by atoms with Gasteiger partial charge in [0.2, 0.25) is 0 Å². The highest BCUT2D eigenvalue weighted by Crippen LogP contribution is 2.17. The van der Waals surface area contributed by atoms with Crippen LogP contribution in [0.25, 0.3) is 0 Å². The fourth-order valence-corrected chi connectivity index (χ4v) is 1.52. The van der Waals surface area contributed by atoms with Crippen molar-refractivity contribution in [1.29, 1.82) is 5.26 Å². The van der Waals surface area contributed by atoms with Crippen molar-refractivity contribution in [2.24, 2.45) is 0 Å². The van der Waals surface area contributed by atoms with E-state index in [0.717, 1.165) is 6.54 Å². The summed E-state index contributed by atoms with van der Waals surface area (Å²) in [5, 5.41) is 8.57. The monoisotopic (exact) mass is 217 g/mol. The van der Waals surface area contributed by atoms with Gasteiger partial charge >= 0.3 is 0 Å². The molecule has 0 unspecified atom stereocenters. The maximum atomic E-state index is 11.4. The van der Waals surface area contributed by atoms with Crippen LogP contribution < -0.4 is 4.90 Å². The lowest BCUT2D eigenvalue weighted by Crippen LogP contribution is -2.26. The molecule has 0 N–H and O–H groups in total. The average Bonchev–Trinajstić information content (AvgIpc) is 2.30. The van der Waals surface area contributed by atoms with Crippen molar-refractivity contribution in [1.82, 2.24) is 4.98 Å². The molecule has 0 aliphatic rings. The average molecular weight is 217 g/mol. The molecule has 0 fully saturated rings. The molecule has 0 aromatic carbocycles. The van der Waals surface area contributed by atoms with Crippen LogP contribution in [0.1, 0.15) is 30.6 Å². The van der Waals surface area contributed by atoms with E-state index in [1.165, 1.54) is 6.92 Å². The van der Waals surface area contributed by atoms with Crippen LogP contribution in [-0.4, -0.2) is 23.9 Å². The van der Waals surface area contributed by atoms with Crippen molar-refractivity contribution in [3.63, 3.8) is 0 Å². The molecule has 0 saturated heterocycles. The van der Waals surface area contributed by atoms with Crippen LogP contribution in [-0.2, 0) is 0 Å². The van der Waals surface area contributed by atoms with Gasteiger partial charge in [-0.3, -0.25) is 4.79 Å². The van der Waals surface area contributed by atoms with Crippen LogP contribution in [0.3, 0.4) is 0 Å². The Kier molecular flexibility index (Phi) is 4.46. The van der Waals surface area contributed by atoms with Crippen LogP contribution >= 0.6 is 0 Å². The highest BCUT2D eigenvalue weighted by Gasteiger charge is 2.13. The fourth-order valence-electron chi connectivity index (χ4n) is 1.52. The third kappa shape index (κ3) is 2.80. The number of nitrogens with zero attached hydrogens (tertiary/aromatic N) is 3. The number of rotatable bonds is 5. The Labute approximate surface area is 95.5 Å². The molecule has 1 aromatic rings. The summed E-state index contributed by atoms with van der Waals surface area (Å²) in [4.78, 5) is 17.6. The Bertz CT molecular complexity index is 409. The minimum atomic E-state index is -0.00138. The van der Waals surface area contributed by atoms with Crippen LogP contribution in [0.2, 0.25) is 0 Å². The summed E-state index contributed by atoms with van der Waals surface area (Å²) >= 11 is 0. The highest BCUT2D eigenvalue weighted by molar-refractivity contribution is 5.98. The summed E-state index contributed by atoms with van der Waals surface area (Å²) in [7, 11) is 0. The molecule has 0 saturated carbocycles. The van der Waals surface area contributed by atoms with Crippen molar-refractivity contribution in [3.8, 4) is 6.07 Å². The van der Waals surface area contributed by atoms with Gasteiger partial charge in [0.15, 0.2) is 5.78 Å². The Morgan fingerprint density at radius 1 is 1.62 bits per heavy atom. The maximum absolute atomic E-state index is 11.4. The Balaban J connectivity index is 3.00. The highest BCUT2D eigenvalue weighted by atomic mass is 16.1. The number of anilines is 1. The van der Waals surface area contributed by atoms with Gasteiger partial charge in [-0.15, -0.1) is 0 Å². The predicted octanol–water partition coefficient (Wildman–Crippen LogP) is 2.02. The lowest BCUT2D eigenvalue weighted by molar-refractivity contribution is 0.101. The van der Waals surface area contributed by atoms with Crippen molar-refractivity contribution >= 4 is 11.6 Å². The molecule has 16 heavy (non-hydrogen) atoms. The molecule has 84 valence electrons. The van der Waals surface area contributed by atoms with E-state index in [-0.39, 0.29) is 5.78 Å². The molecular weight excluding hydrogens is 202 g/mol. The first kappa shape index (κ1) is 12.2. The first-order valence-electron chi connectivity index (χ1n) is 5.28. The van der Waals surface area contributed by atoms with E-state index in [1.54, 1.807) is 18.3 Å². The number of carbonyl (C=O) groups is 1. The molecule has 0 atom stereocenters. The summed E-state index contributed by atoms with van der Waals surface area (Å²) in [5.41, 5.74) is 0.613. The lowest BCUT2D eigenvalue weighted by Gasteiger charge is -2.22. The van der Waals surface area contributed by atoms with Crippen molar-refractivity contribution in [2.45, 2.75) is 20.3 Å². The normalized spacial score (nSPS) is 9.56. The molecule has 0 bridgehead atoms. The Morgan fingerprint density at radius 2 is 2.38 bits per heavy atom. The van der Waals surface area contributed by atoms with Gasteiger partial charge in [0.1, 0.15) is 5.82 Å². The van der Waals surface area contributed by atoms with Gasteiger partial charge in [0.25, 0.3) is 0 Å². The quantitative estimate of drug-likeness (QED) is 0.708. The molecule has 0 radical (unpaired) electrons. The standard InChI is InChI=1S/C12H15N3O/c1-3-15(9-5-7-13)12-11(10(2)16)6-4-8-14-12/h4,6,8H,3,5,9H2,1-2H3.